The summed E-state index contributed by atoms with van der Waals surface area (Å²) in [4.78, 5) is 15.7. The fourth-order valence-corrected chi connectivity index (χ4v) is 2.02. The van der Waals surface area contributed by atoms with Crippen molar-refractivity contribution in [1.29, 1.82) is 0 Å². The number of carbonyl (C=O) groups excluding carboxylic acids is 1. The van der Waals surface area contributed by atoms with Crippen LogP contribution in [0.5, 0.6) is 0 Å². The van der Waals surface area contributed by atoms with Gasteiger partial charge in [0.1, 0.15) is 5.60 Å². The predicted octanol–water partition coefficient (Wildman–Crippen LogP) is 2.31. The predicted molar refractivity (Wildman–Crippen MR) is 98.4 cm³/mol. The van der Waals surface area contributed by atoms with Crippen LogP contribution in [0.4, 0.5) is 4.79 Å². The van der Waals surface area contributed by atoms with Crippen LogP contribution >= 0.6 is 0 Å². The van der Waals surface area contributed by atoms with Crippen LogP contribution in [0.3, 0.4) is 0 Å². The number of benzene rings is 1. The van der Waals surface area contributed by atoms with Gasteiger partial charge in [-0.15, -0.1) is 0 Å². The second-order valence-electron chi connectivity index (χ2n) is 6.44. The lowest BCUT2D eigenvalue weighted by Crippen LogP contribution is -2.42. The number of aryl methyl sites for hydroxylation is 1. The second-order valence-corrected chi connectivity index (χ2v) is 6.44. The minimum Gasteiger partial charge on any atom is -0.444 e. The van der Waals surface area contributed by atoms with Crippen molar-refractivity contribution < 1.29 is 9.53 Å². The lowest BCUT2D eigenvalue weighted by Gasteiger charge is -2.19. The average Bonchev–Trinajstić information content (AvgIpc) is 2.52. The number of amides is 1. The van der Waals surface area contributed by atoms with E-state index in [-0.39, 0.29) is 0 Å². The molecule has 0 aromatic heterocycles. The molecular weight excluding hydrogens is 304 g/mol. The van der Waals surface area contributed by atoms with Gasteiger partial charge in [0, 0.05) is 26.7 Å². The molecule has 1 aromatic carbocycles. The molecule has 0 spiro atoms. The van der Waals surface area contributed by atoms with Crippen molar-refractivity contribution in [1.82, 2.24) is 16.0 Å². The van der Waals surface area contributed by atoms with Gasteiger partial charge < -0.3 is 20.7 Å². The molecule has 0 saturated carbocycles. The minimum absolute atomic E-state index is 0.407. The van der Waals surface area contributed by atoms with E-state index in [1.54, 1.807) is 7.05 Å². The maximum Gasteiger partial charge on any atom is 0.407 e. The summed E-state index contributed by atoms with van der Waals surface area (Å²) in [6.45, 7) is 7.41. The van der Waals surface area contributed by atoms with Gasteiger partial charge in [-0.3, -0.25) is 4.99 Å². The maximum atomic E-state index is 11.5. The zero-order chi connectivity index (χ0) is 17.8. The number of hydrogen-bond donors (Lipinski definition) is 3. The molecule has 0 heterocycles. The van der Waals surface area contributed by atoms with Gasteiger partial charge in [0.15, 0.2) is 5.96 Å². The quantitative estimate of drug-likeness (QED) is 0.406. The summed E-state index contributed by atoms with van der Waals surface area (Å²) in [5.41, 5.74) is 0.859. The molecule has 6 heteroatoms. The highest BCUT2D eigenvalue weighted by Crippen LogP contribution is 2.06. The van der Waals surface area contributed by atoms with Crippen LogP contribution in [0.1, 0.15) is 32.8 Å². The fourth-order valence-electron chi connectivity index (χ4n) is 2.02. The second kappa shape index (κ2) is 10.5. The van der Waals surface area contributed by atoms with E-state index in [1.165, 1.54) is 5.56 Å². The Morgan fingerprint density at radius 1 is 1.04 bits per heavy atom. The van der Waals surface area contributed by atoms with Crippen molar-refractivity contribution in [3.63, 3.8) is 0 Å². The lowest BCUT2D eigenvalue weighted by molar-refractivity contribution is 0.0529. The number of nitrogens with one attached hydrogen (secondary N) is 3. The van der Waals surface area contributed by atoms with E-state index in [1.807, 2.05) is 26.8 Å². The van der Waals surface area contributed by atoms with Crippen molar-refractivity contribution in [2.75, 3.05) is 26.7 Å². The fraction of sp³-hybridized carbons (Fsp3) is 0.556. The number of rotatable bonds is 7. The highest BCUT2D eigenvalue weighted by atomic mass is 16.6. The number of ether oxygens (including phenoxy) is 1. The Balaban J connectivity index is 2.11. The van der Waals surface area contributed by atoms with Crippen LogP contribution in [0.25, 0.3) is 0 Å². The standard InChI is InChI=1S/C18H30N4O2/c1-18(2,3)24-17(23)22-14-13-21-16(19-4)20-12-8-11-15-9-6-5-7-10-15/h5-7,9-10H,8,11-14H2,1-4H3,(H,22,23)(H2,19,20,21). The number of alkyl carbamates (subject to hydrolysis) is 1. The first kappa shape index (κ1) is 19.8. The van der Waals surface area contributed by atoms with Gasteiger partial charge in [-0.1, -0.05) is 30.3 Å². The monoisotopic (exact) mass is 334 g/mol. The van der Waals surface area contributed by atoms with Gasteiger partial charge in [-0.05, 0) is 39.2 Å². The molecule has 0 atom stereocenters. The number of nitrogens with zero attached hydrogens (tertiary/aromatic N) is 1. The highest BCUT2D eigenvalue weighted by Gasteiger charge is 2.15. The van der Waals surface area contributed by atoms with E-state index in [0.717, 1.165) is 25.3 Å². The van der Waals surface area contributed by atoms with Crippen LogP contribution in [0.2, 0.25) is 0 Å². The van der Waals surface area contributed by atoms with Gasteiger partial charge in [0.2, 0.25) is 0 Å². The molecule has 1 amide bonds. The molecule has 0 aliphatic heterocycles. The van der Waals surface area contributed by atoms with Gasteiger partial charge >= 0.3 is 6.09 Å². The van der Waals surface area contributed by atoms with Crippen LogP contribution in [0, 0.1) is 0 Å². The average molecular weight is 334 g/mol. The summed E-state index contributed by atoms with van der Waals surface area (Å²) >= 11 is 0. The van der Waals surface area contributed by atoms with E-state index in [4.69, 9.17) is 4.74 Å². The Morgan fingerprint density at radius 3 is 2.29 bits per heavy atom. The molecular formula is C18H30N4O2. The van der Waals surface area contributed by atoms with Crippen LogP contribution < -0.4 is 16.0 Å². The molecule has 0 aliphatic rings. The van der Waals surface area contributed by atoms with Gasteiger partial charge in [0.25, 0.3) is 0 Å². The summed E-state index contributed by atoms with van der Waals surface area (Å²) in [6.07, 6.45) is 1.65. The van der Waals surface area contributed by atoms with E-state index >= 15 is 0 Å². The third-order valence-corrected chi connectivity index (χ3v) is 3.09. The minimum atomic E-state index is -0.478. The van der Waals surface area contributed by atoms with Gasteiger partial charge in [0.05, 0.1) is 0 Å². The summed E-state index contributed by atoms with van der Waals surface area (Å²) in [5, 5.41) is 9.12. The number of aliphatic imine (C=N–C) groups is 1. The first-order chi connectivity index (χ1) is 11.4. The molecule has 1 rings (SSSR count). The van der Waals surface area contributed by atoms with Crippen molar-refractivity contribution in [3.05, 3.63) is 35.9 Å². The maximum absolute atomic E-state index is 11.5. The molecule has 0 fully saturated rings. The SMILES string of the molecule is CN=C(NCCCc1ccccc1)NCCNC(=O)OC(C)(C)C. The number of carbonyl (C=O) groups is 1. The summed E-state index contributed by atoms with van der Waals surface area (Å²) in [7, 11) is 1.73. The molecule has 6 nitrogen and oxygen atoms in total. The molecule has 0 aliphatic carbocycles. The number of guanidine groups is 1. The Bertz CT molecular complexity index is 510. The largest absolute Gasteiger partial charge is 0.444 e. The number of hydrogen-bond acceptors (Lipinski definition) is 3. The molecule has 0 saturated heterocycles. The highest BCUT2D eigenvalue weighted by molar-refractivity contribution is 5.79. The van der Waals surface area contributed by atoms with Crippen molar-refractivity contribution >= 4 is 12.1 Å². The van der Waals surface area contributed by atoms with Crippen LogP contribution in [-0.4, -0.2) is 44.3 Å². The third kappa shape index (κ3) is 9.71. The summed E-state index contributed by atoms with van der Waals surface area (Å²) in [5.74, 6) is 0.731. The lowest BCUT2D eigenvalue weighted by atomic mass is 10.1. The van der Waals surface area contributed by atoms with Crippen LogP contribution in [-0.2, 0) is 11.2 Å². The normalized spacial score (nSPS) is 11.8. The zero-order valence-electron chi connectivity index (χ0n) is 15.2. The summed E-state index contributed by atoms with van der Waals surface area (Å²) in [6, 6.07) is 10.4. The van der Waals surface area contributed by atoms with Gasteiger partial charge in [-0.2, -0.15) is 0 Å². The zero-order valence-corrected chi connectivity index (χ0v) is 15.2. The van der Waals surface area contributed by atoms with E-state index in [0.29, 0.717) is 13.1 Å². The smallest absolute Gasteiger partial charge is 0.407 e. The Morgan fingerprint density at radius 2 is 1.67 bits per heavy atom. The summed E-state index contributed by atoms with van der Waals surface area (Å²) < 4.78 is 5.17. The molecule has 3 N–H and O–H groups in total. The Hall–Kier alpha value is -2.24. The van der Waals surface area contributed by atoms with Crippen LogP contribution in [0.15, 0.2) is 35.3 Å². The molecule has 1 aromatic rings. The topological polar surface area (TPSA) is 74.8 Å². The van der Waals surface area contributed by atoms with E-state index < -0.39 is 11.7 Å². The molecule has 0 bridgehead atoms. The first-order valence-corrected chi connectivity index (χ1v) is 8.36. The molecule has 134 valence electrons. The van der Waals surface area contributed by atoms with Crippen molar-refractivity contribution in [3.8, 4) is 0 Å². The van der Waals surface area contributed by atoms with Gasteiger partial charge in [-0.25, -0.2) is 4.79 Å². The molecule has 0 unspecified atom stereocenters. The van der Waals surface area contributed by atoms with Crippen molar-refractivity contribution in [2.45, 2.75) is 39.2 Å². The third-order valence-electron chi connectivity index (χ3n) is 3.09. The molecule has 24 heavy (non-hydrogen) atoms. The Labute approximate surface area is 145 Å². The Kier molecular flexibility index (Phi) is 8.68. The van der Waals surface area contributed by atoms with E-state index in [9.17, 15) is 4.79 Å². The van der Waals surface area contributed by atoms with E-state index in [2.05, 4.69) is 45.2 Å². The molecule has 0 radical (unpaired) electrons. The van der Waals surface area contributed by atoms with Crippen molar-refractivity contribution in [2.24, 2.45) is 4.99 Å². The first-order valence-electron chi connectivity index (χ1n) is 8.36.